The third-order valence-corrected chi connectivity index (χ3v) is 1.49. The van der Waals surface area contributed by atoms with Crippen molar-refractivity contribution < 1.29 is 14.6 Å². The van der Waals surface area contributed by atoms with Crippen LogP contribution in [0.2, 0.25) is 0 Å². The van der Waals surface area contributed by atoms with Crippen LogP contribution in [0.3, 0.4) is 0 Å². The summed E-state index contributed by atoms with van der Waals surface area (Å²) in [6, 6.07) is 0. The monoisotopic (exact) mass is 146 g/mol. The third kappa shape index (κ3) is 4.32. The Morgan fingerprint density at radius 3 is 2.40 bits per heavy atom. The van der Waals surface area contributed by atoms with Crippen molar-refractivity contribution in [3.63, 3.8) is 0 Å². The summed E-state index contributed by atoms with van der Waals surface area (Å²) < 4.78 is 5.02. The van der Waals surface area contributed by atoms with Gasteiger partial charge in [-0.25, -0.2) is 0 Å². The van der Waals surface area contributed by atoms with Crippen LogP contribution in [0.1, 0.15) is 26.7 Å². The number of hydrogen-bond acceptors (Lipinski definition) is 2. The molecule has 0 aromatic heterocycles. The number of methoxy groups -OCH3 is 1. The average molecular weight is 146 g/mol. The molecule has 1 N–H and O–H groups in total. The van der Waals surface area contributed by atoms with E-state index < -0.39 is 5.97 Å². The summed E-state index contributed by atoms with van der Waals surface area (Å²) in [6.07, 6.45) is 0.722. The lowest BCUT2D eigenvalue weighted by Gasteiger charge is -2.21. The molecule has 0 aromatic carbocycles. The fourth-order valence-corrected chi connectivity index (χ4v) is 0.510. The van der Waals surface area contributed by atoms with Crippen molar-refractivity contribution in [3.05, 3.63) is 0 Å². The molecule has 0 aliphatic heterocycles. The van der Waals surface area contributed by atoms with E-state index in [-0.39, 0.29) is 12.0 Å². The molecule has 0 amide bonds. The van der Waals surface area contributed by atoms with Gasteiger partial charge >= 0.3 is 5.97 Å². The van der Waals surface area contributed by atoms with Gasteiger partial charge in [-0.05, 0) is 20.3 Å². The van der Waals surface area contributed by atoms with Gasteiger partial charge < -0.3 is 9.84 Å². The zero-order valence-corrected chi connectivity index (χ0v) is 6.68. The lowest BCUT2D eigenvalue weighted by Crippen LogP contribution is -2.23. The maximum Gasteiger partial charge on any atom is 0.303 e. The Balaban J connectivity index is 3.56. The first-order valence-corrected chi connectivity index (χ1v) is 3.25. The van der Waals surface area contributed by atoms with Gasteiger partial charge in [0.1, 0.15) is 0 Å². The number of ether oxygens (including phenoxy) is 1. The van der Waals surface area contributed by atoms with Crippen molar-refractivity contribution in [1.29, 1.82) is 0 Å². The van der Waals surface area contributed by atoms with E-state index in [2.05, 4.69) is 0 Å². The van der Waals surface area contributed by atoms with Gasteiger partial charge in [0.15, 0.2) is 0 Å². The highest BCUT2D eigenvalue weighted by Gasteiger charge is 2.17. The lowest BCUT2D eigenvalue weighted by molar-refractivity contribution is -0.138. The molecule has 0 fully saturated rings. The fourth-order valence-electron chi connectivity index (χ4n) is 0.510. The van der Waals surface area contributed by atoms with Crippen molar-refractivity contribution in [1.82, 2.24) is 0 Å². The van der Waals surface area contributed by atoms with Crippen LogP contribution < -0.4 is 0 Å². The van der Waals surface area contributed by atoms with Gasteiger partial charge in [0.25, 0.3) is 0 Å². The topological polar surface area (TPSA) is 46.5 Å². The summed E-state index contributed by atoms with van der Waals surface area (Å²) in [5.74, 6) is -0.773. The zero-order valence-electron chi connectivity index (χ0n) is 6.68. The molecule has 3 nitrogen and oxygen atoms in total. The smallest absolute Gasteiger partial charge is 0.303 e. The van der Waals surface area contributed by atoms with Crippen LogP contribution >= 0.6 is 0 Å². The molecule has 0 spiro atoms. The first kappa shape index (κ1) is 9.43. The van der Waals surface area contributed by atoms with E-state index in [0.29, 0.717) is 6.42 Å². The first-order valence-electron chi connectivity index (χ1n) is 3.25. The Hall–Kier alpha value is -0.570. The third-order valence-electron chi connectivity index (χ3n) is 1.49. The summed E-state index contributed by atoms with van der Waals surface area (Å²) >= 11 is 0. The molecule has 0 aromatic rings. The van der Waals surface area contributed by atoms with Gasteiger partial charge in [0, 0.05) is 13.5 Å². The summed E-state index contributed by atoms with van der Waals surface area (Å²) in [4.78, 5) is 10.1. The minimum atomic E-state index is -0.773. The van der Waals surface area contributed by atoms with E-state index in [1.54, 1.807) is 7.11 Å². The molecule has 0 unspecified atom stereocenters. The predicted octanol–water partition coefficient (Wildman–Crippen LogP) is 1.28. The molecule has 0 aliphatic rings. The zero-order chi connectivity index (χ0) is 8.20. The van der Waals surface area contributed by atoms with Crippen molar-refractivity contribution in [2.75, 3.05) is 7.11 Å². The highest BCUT2D eigenvalue weighted by molar-refractivity contribution is 5.66. The molecule has 0 heterocycles. The van der Waals surface area contributed by atoms with Crippen molar-refractivity contribution in [2.45, 2.75) is 32.3 Å². The first-order chi connectivity index (χ1) is 4.48. The number of carboxylic acids is 1. The van der Waals surface area contributed by atoms with E-state index in [0.717, 1.165) is 0 Å². The van der Waals surface area contributed by atoms with E-state index in [4.69, 9.17) is 9.84 Å². The Morgan fingerprint density at radius 1 is 1.60 bits per heavy atom. The van der Waals surface area contributed by atoms with Crippen LogP contribution in [0, 0.1) is 0 Å². The normalized spacial score (nSPS) is 11.5. The molecule has 0 aliphatic carbocycles. The standard InChI is InChI=1S/C7H14O3/c1-7(2,10-3)5-4-6(8)9/h4-5H2,1-3H3,(H,8,9). The van der Waals surface area contributed by atoms with E-state index in [1.807, 2.05) is 13.8 Å². The largest absolute Gasteiger partial charge is 0.481 e. The summed E-state index contributed by atoms with van der Waals surface area (Å²) in [7, 11) is 1.59. The van der Waals surface area contributed by atoms with E-state index >= 15 is 0 Å². The van der Waals surface area contributed by atoms with Crippen LogP contribution in [0.5, 0.6) is 0 Å². The highest BCUT2D eigenvalue weighted by atomic mass is 16.5. The Morgan fingerprint density at radius 2 is 2.10 bits per heavy atom. The van der Waals surface area contributed by atoms with Gasteiger partial charge in [0.05, 0.1) is 5.60 Å². The van der Waals surface area contributed by atoms with Gasteiger partial charge in [-0.1, -0.05) is 0 Å². The summed E-state index contributed by atoms with van der Waals surface area (Å²) in [5, 5.41) is 8.32. The molecule has 0 saturated heterocycles. The fraction of sp³-hybridized carbons (Fsp3) is 0.857. The second-order valence-corrected chi connectivity index (χ2v) is 2.86. The maximum absolute atomic E-state index is 10.1. The van der Waals surface area contributed by atoms with Crippen LogP contribution in [0.4, 0.5) is 0 Å². The summed E-state index contributed by atoms with van der Waals surface area (Å²) in [5.41, 5.74) is -0.307. The van der Waals surface area contributed by atoms with Crippen molar-refractivity contribution >= 4 is 5.97 Å². The SMILES string of the molecule is COC(C)(C)CCC(=O)O. The minimum Gasteiger partial charge on any atom is -0.481 e. The molecule has 0 saturated carbocycles. The number of carboxylic acid groups (broad SMARTS) is 1. The molecule has 0 rings (SSSR count). The molecule has 0 bridgehead atoms. The quantitative estimate of drug-likeness (QED) is 0.649. The van der Waals surface area contributed by atoms with Crippen LogP contribution in [-0.4, -0.2) is 23.8 Å². The van der Waals surface area contributed by atoms with Gasteiger partial charge in [0.2, 0.25) is 0 Å². The van der Waals surface area contributed by atoms with Crippen LogP contribution in [0.15, 0.2) is 0 Å². The number of rotatable bonds is 4. The molecule has 60 valence electrons. The second-order valence-electron chi connectivity index (χ2n) is 2.86. The molecule has 10 heavy (non-hydrogen) atoms. The Bertz CT molecular complexity index is 118. The predicted molar refractivity (Wildman–Crippen MR) is 38.0 cm³/mol. The number of carbonyl (C=O) groups is 1. The molecule has 3 heteroatoms. The van der Waals surface area contributed by atoms with Gasteiger partial charge in [-0.15, -0.1) is 0 Å². The van der Waals surface area contributed by atoms with E-state index in [1.165, 1.54) is 0 Å². The van der Waals surface area contributed by atoms with Gasteiger partial charge in [-0.2, -0.15) is 0 Å². The molecular weight excluding hydrogens is 132 g/mol. The minimum absolute atomic E-state index is 0.167. The van der Waals surface area contributed by atoms with E-state index in [9.17, 15) is 4.79 Å². The Labute approximate surface area is 61.0 Å². The summed E-state index contributed by atoms with van der Waals surface area (Å²) in [6.45, 7) is 3.74. The molecule has 0 atom stereocenters. The molecule has 0 radical (unpaired) electrons. The number of hydrogen-bond donors (Lipinski definition) is 1. The second kappa shape index (κ2) is 3.56. The number of aliphatic carboxylic acids is 1. The van der Waals surface area contributed by atoms with Crippen LogP contribution in [0.25, 0.3) is 0 Å². The van der Waals surface area contributed by atoms with Gasteiger partial charge in [-0.3, -0.25) is 4.79 Å². The van der Waals surface area contributed by atoms with Crippen LogP contribution in [-0.2, 0) is 9.53 Å². The highest BCUT2D eigenvalue weighted by Crippen LogP contribution is 2.14. The average Bonchev–Trinajstić information content (AvgIpc) is 1.85. The lowest BCUT2D eigenvalue weighted by atomic mass is 10.0. The molecular formula is C7H14O3. The van der Waals surface area contributed by atoms with Crippen molar-refractivity contribution in [2.24, 2.45) is 0 Å². The van der Waals surface area contributed by atoms with Crippen molar-refractivity contribution in [3.8, 4) is 0 Å². The Kier molecular flexibility index (Phi) is 3.36. The maximum atomic E-state index is 10.1.